The average molecular weight is 351 g/mol. The summed E-state index contributed by atoms with van der Waals surface area (Å²) in [5, 5.41) is 2.98. The van der Waals surface area contributed by atoms with Gasteiger partial charge in [0.25, 0.3) is 5.56 Å². The van der Waals surface area contributed by atoms with E-state index in [1.807, 2.05) is 35.2 Å². The van der Waals surface area contributed by atoms with Crippen LogP contribution in [0.4, 0.5) is 17.5 Å². The Labute approximate surface area is 148 Å². The minimum Gasteiger partial charge on any atom is -0.369 e. The van der Waals surface area contributed by atoms with Gasteiger partial charge < -0.3 is 16.0 Å². The molecule has 132 valence electrons. The molecule has 2 aromatic heterocycles. The van der Waals surface area contributed by atoms with Crippen LogP contribution in [0, 0.1) is 0 Å². The summed E-state index contributed by atoms with van der Waals surface area (Å²) in [7, 11) is 0. The number of nitrogen functional groups attached to an aromatic ring is 1. The smallest absolute Gasteiger partial charge is 0.277 e. The van der Waals surface area contributed by atoms with Crippen molar-refractivity contribution in [2.45, 2.75) is 6.42 Å². The van der Waals surface area contributed by atoms with Crippen LogP contribution in [-0.2, 0) is 0 Å². The Morgan fingerprint density at radius 2 is 2.08 bits per heavy atom. The largest absolute Gasteiger partial charge is 0.369 e. The molecule has 9 nitrogen and oxygen atoms in total. The Morgan fingerprint density at radius 3 is 2.88 bits per heavy atom. The van der Waals surface area contributed by atoms with E-state index in [-0.39, 0.29) is 23.8 Å². The summed E-state index contributed by atoms with van der Waals surface area (Å²) in [5.41, 5.74) is 6.54. The highest BCUT2D eigenvalue weighted by molar-refractivity contribution is 5.84. The zero-order valence-corrected chi connectivity index (χ0v) is 13.8. The number of fused-ring (bicyclic) bond motifs is 1. The number of hydrogen-bond donors (Lipinski definition) is 3. The number of nitrogens with zero attached hydrogens (tertiary/aromatic N) is 4. The predicted molar refractivity (Wildman–Crippen MR) is 98.0 cm³/mol. The maximum Gasteiger partial charge on any atom is 0.277 e. The molecular formula is C17H17N7O2. The Kier molecular flexibility index (Phi) is 3.88. The fraction of sp³-hybridized carbons (Fsp3) is 0.176. The van der Waals surface area contributed by atoms with Crippen LogP contribution in [0.5, 0.6) is 0 Å². The van der Waals surface area contributed by atoms with Gasteiger partial charge in [-0.3, -0.25) is 19.1 Å². The monoisotopic (exact) mass is 351 g/mol. The summed E-state index contributed by atoms with van der Waals surface area (Å²) >= 11 is 0. The van der Waals surface area contributed by atoms with E-state index >= 15 is 0 Å². The zero-order valence-electron chi connectivity index (χ0n) is 13.8. The van der Waals surface area contributed by atoms with E-state index in [4.69, 9.17) is 5.73 Å². The highest BCUT2D eigenvalue weighted by atomic mass is 16.2. The summed E-state index contributed by atoms with van der Waals surface area (Å²) < 4.78 is 1.54. The van der Waals surface area contributed by atoms with Crippen molar-refractivity contribution < 1.29 is 4.79 Å². The first kappa shape index (κ1) is 15.9. The minimum absolute atomic E-state index is 0.0507. The van der Waals surface area contributed by atoms with Crippen LogP contribution in [0.1, 0.15) is 11.2 Å². The summed E-state index contributed by atoms with van der Waals surface area (Å²) in [6.45, 7) is 0.804. The molecule has 0 saturated heterocycles. The van der Waals surface area contributed by atoms with Crippen molar-refractivity contribution in [3.05, 3.63) is 53.1 Å². The quantitative estimate of drug-likeness (QED) is 0.644. The number of imidazole rings is 1. The highest BCUT2D eigenvalue weighted by Crippen LogP contribution is 2.25. The molecule has 26 heavy (non-hydrogen) atoms. The molecule has 1 aromatic carbocycles. The molecule has 0 unspecified atom stereocenters. The van der Waals surface area contributed by atoms with Crippen molar-refractivity contribution in [3.63, 3.8) is 0 Å². The van der Waals surface area contributed by atoms with E-state index in [1.165, 1.54) is 0 Å². The highest BCUT2D eigenvalue weighted by Gasteiger charge is 2.24. The third-order valence-corrected chi connectivity index (χ3v) is 4.20. The second kappa shape index (κ2) is 6.36. The number of carbonyl (C=O) groups is 1. The Bertz CT molecular complexity index is 1010. The summed E-state index contributed by atoms with van der Waals surface area (Å²) in [6, 6.07) is 9.53. The van der Waals surface area contributed by atoms with Gasteiger partial charge in [0.1, 0.15) is 11.5 Å². The van der Waals surface area contributed by atoms with Crippen molar-refractivity contribution in [2.75, 3.05) is 29.2 Å². The number of anilines is 3. The van der Waals surface area contributed by atoms with Crippen molar-refractivity contribution in [1.29, 1.82) is 0 Å². The van der Waals surface area contributed by atoms with E-state index < -0.39 is 0 Å². The number of nitrogens with two attached hydrogens (primary N) is 1. The molecule has 1 aliphatic rings. The first-order valence-corrected chi connectivity index (χ1v) is 8.14. The first-order valence-electron chi connectivity index (χ1n) is 8.14. The summed E-state index contributed by atoms with van der Waals surface area (Å²) in [4.78, 5) is 37.2. The fourth-order valence-electron chi connectivity index (χ4n) is 2.96. The van der Waals surface area contributed by atoms with E-state index in [2.05, 4.69) is 20.3 Å². The maximum absolute atomic E-state index is 12.7. The van der Waals surface area contributed by atoms with Gasteiger partial charge in [0.05, 0.1) is 6.67 Å². The van der Waals surface area contributed by atoms with Gasteiger partial charge in [-0.15, -0.1) is 0 Å². The van der Waals surface area contributed by atoms with Crippen LogP contribution < -0.4 is 21.5 Å². The van der Waals surface area contributed by atoms with Gasteiger partial charge in [-0.2, -0.15) is 4.98 Å². The van der Waals surface area contributed by atoms with Crippen molar-refractivity contribution >= 4 is 23.4 Å². The Hall–Kier alpha value is -3.62. The van der Waals surface area contributed by atoms with Crippen LogP contribution >= 0.6 is 0 Å². The van der Waals surface area contributed by atoms with E-state index in [9.17, 15) is 9.59 Å². The topological polar surface area (TPSA) is 122 Å². The normalized spacial score (nSPS) is 12.7. The molecule has 0 saturated carbocycles. The van der Waals surface area contributed by atoms with Gasteiger partial charge in [0.15, 0.2) is 5.82 Å². The van der Waals surface area contributed by atoms with Crippen LogP contribution in [0.2, 0.25) is 0 Å². The summed E-state index contributed by atoms with van der Waals surface area (Å²) in [5.74, 6) is 1.03. The lowest BCUT2D eigenvalue weighted by Gasteiger charge is -2.16. The first-order chi connectivity index (χ1) is 12.6. The van der Waals surface area contributed by atoms with Gasteiger partial charge in [0.2, 0.25) is 11.9 Å². The van der Waals surface area contributed by atoms with E-state index in [0.717, 1.165) is 5.56 Å². The number of H-pyrrole nitrogens is 1. The second-order valence-electron chi connectivity index (χ2n) is 5.88. The van der Waals surface area contributed by atoms with Crippen LogP contribution in [0.3, 0.4) is 0 Å². The van der Waals surface area contributed by atoms with Gasteiger partial charge >= 0.3 is 0 Å². The van der Waals surface area contributed by atoms with E-state index in [0.29, 0.717) is 30.5 Å². The molecule has 3 heterocycles. The molecule has 1 aliphatic heterocycles. The number of carbonyl (C=O) groups excluding carboxylic acids is 1. The van der Waals surface area contributed by atoms with Crippen LogP contribution in [0.25, 0.3) is 11.4 Å². The van der Waals surface area contributed by atoms with Crippen LogP contribution in [0.15, 0.2) is 47.5 Å². The average Bonchev–Trinajstić information content (AvgIpc) is 3.28. The second-order valence-corrected chi connectivity index (χ2v) is 5.88. The molecule has 0 bridgehead atoms. The SMILES string of the molecule is Nc1nc2c(c(=O)[nH]1)NCN2CCC(=O)n1ccnc1-c1ccccc1. The lowest BCUT2D eigenvalue weighted by Crippen LogP contribution is -2.28. The third kappa shape index (κ3) is 2.79. The molecule has 3 aromatic rings. The zero-order chi connectivity index (χ0) is 18.1. The summed E-state index contributed by atoms with van der Waals surface area (Å²) in [6.07, 6.45) is 3.50. The van der Waals surface area contributed by atoms with Gasteiger partial charge in [0, 0.05) is 30.9 Å². The molecule has 4 N–H and O–H groups in total. The molecule has 0 aliphatic carbocycles. The number of aromatic amines is 1. The van der Waals surface area contributed by atoms with Crippen molar-refractivity contribution in [2.24, 2.45) is 0 Å². The van der Waals surface area contributed by atoms with Crippen molar-refractivity contribution in [1.82, 2.24) is 19.5 Å². The predicted octanol–water partition coefficient (Wildman–Crippen LogP) is 1.14. The van der Waals surface area contributed by atoms with Crippen LogP contribution in [-0.4, -0.2) is 38.6 Å². The number of nitrogens with one attached hydrogen (secondary N) is 2. The maximum atomic E-state index is 12.7. The molecular weight excluding hydrogens is 334 g/mol. The Balaban J connectivity index is 1.51. The van der Waals surface area contributed by atoms with Crippen molar-refractivity contribution in [3.8, 4) is 11.4 Å². The standard InChI is InChI=1S/C17H17N7O2/c18-17-21-15-13(16(26)22-17)20-10-23(15)8-6-12(25)24-9-7-19-14(24)11-4-2-1-3-5-11/h1-5,7,9,20H,6,8,10H2,(H3,18,21,22,26). The van der Waals surface area contributed by atoms with E-state index in [1.54, 1.807) is 17.0 Å². The number of benzene rings is 1. The Morgan fingerprint density at radius 1 is 1.27 bits per heavy atom. The molecule has 0 fully saturated rings. The number of rotatable bonds is 4. The van der Waals surface area contributed by atoms with Gasteiger partial charge in [-0.25, -0.2) is 4.98 Å². The lowest BCUT2D eigenvalue weighted by atomic mass is 10.2. The molecule has 0 spiro atoms. The lowest BCUT2D eigenvalue weighted by molar-refractivity contribution is 0.0907. The number of hydrogen-bond acceptors (Lipinski definition) is 7. The van der Waals surface area contributed by atoms with Gasteiger partial charge in [-0.05, 0) is 0 Å². The minimum atomic E-state index is -0.317. The molecule has 0 amide bonds. The number of aromatic nitrogens is 4. The fourth-order valence-corrected chi connectivity index (χ4v) is 2.96. The van der Waals surface area contributed by atoms with Gasteiger partial charge in [-0.1, -0.05) is 30.3 Å². The molecule has 0 atom stereocenters. The molecule has 9 heteroatoms. The molecule has 0 radical (unpaired) electrons. The molecule has 4 rings (SSSR count). The third-order valence-electron chi connectivity index (χ3n) is 4.20.